The Morgan fingerprint density at radius 3 is 1.66 bits per heavy atom. The molecule has 1 aliphatic rings. The summed E-state index contributed by atoms with van der Waals surface area (Å²) >= 11 is 0. The highest BCUT2D eigenvalue weighted by Gasteiger charge is 2.35. The summed E-state index contributed by atoms with van der Waals surface area (Å²) in [5, 5.41) is 0. The molecule has 5 aromatic carbocycles. The van der Waals surface area contributed by atoms with Gasteiger partial charge in [-0.1, -0.05) is 133 Å². The van der Waals surface area contributed by atoms with Crippen LogP contribution >= 0.6 is 0 Å². The first-order chi connectivity index (χ1) is 23.0. The molecule has 2 unspecified atom stereocenters. The molecule has 0 spiro atoms. The van der Waals surface area contributed by atoms with Crippen LogP contribution in [0.5, 0.6) is 0 Å². The van der Waals surface area contributed by atoms with E-state index in [0.717, 1.165) is 40.8 Å². The molecule has 0 radical (unpaired) electrons. The lowest BCUT2D eigenvalue weighted by Crippen LogP contribution is -2.41. The normalized spacial score (nSPS) is 15.4. The Labute approximate surface area is 277 Å². The number of amides is 1. The van der Waals surface area contributed by atoms with Crippen molar-refractivity contribution in [1.29, 1.82) is 0 Å². The number of anilines is 1. The highest BCUT2D eigenvalue weighted by atomic mass is 16.5. The second-order valence-electron chi connectivity index (χ2n) is 12.3. The van der Waals surface area contributed by atoms with Crippen LogP contribution in [0.3, 0.4) is 0 Å². The average Bonchev–Trinajstić information content (AvgIpc) is 3.55. The zero-order valence-electron chi connectivity index (χ0n) is 26.7. The van der Waals surface area contributed by atoms with Crippen LogP contribution in [0.4, 0.5) is 5.69 Å². The van der Waals surface area contributed by atoms with Gasteiger partial charge in [0, 0.05) is 32.4 Å². The summed E-state index contributed by atoms with van der Waals surface area (Å²) in [4.78, 5) is 32.3. The standard InChI is InChI=1S/C41H41N3O3/c1-43(40(45)38(30-15-6-2-7-16-30)31-17-8-3-9-18-31)37(34-23-14-24-35(42)27-34)29-44-26-25-36(28-44)47-41(46)39(32-19-10-4-11-20-32)33-21-12-5-13-22-33/h2-24,27,36-39H,25-26,28-29,42H2,1H3. The molecule has 1 amide bonds. The molecular weight excluding hydrogens is 582 g/mol. The molecule has 6 nitrogen and oxygen atoms in total. The van der Waals surface area contributed by atoms with E-state index in [1.807, 2.05) is 158 Å². The number of likely N-dealkylation sites (N-methyl/N-ethyl adjacent to an activating group) is 1. The first-order valence-corrected chi connectivity index (χ1v) is 16.2. The fourth-order valence-electron chi connectivity index (χ4n) is 6.64. The third-order valence-corrected chi connectivity index (χ3v) is 9.07. The molecule has 1 fully saturated rings. The van der Waals surface area contributed by atoms with Gasteiger partial charge in [0.25, 0.3) is 0 Å². The third-order valence-electron chi connectivity index (χ3n) is 9.07. The Morgan fingerprint density at radius 2 is 1.17 bits per heavy atom. The number of hydrogen-bond acceptors (Lipinski definition) is 5. The van der Waals surface area contributed by atoms with E-state index in [9.17, 15) is 9.59 Å². The number of nitrogens with zero attached hydrogens (tertiary/aromatic N) is 2. The van der Waals surface area contributed by atoms with Crippen LogP contribution in [-0.2, 0) is 14.3 Å². The highest BCUT2D eigenvalue weighted by Crippen LogP contribution is 2.33. The van der Waals surface area contributed by atoms with Crippen LogP contribution in [0.15, 0.2) is 146 Å². The van der Waals surface area contributed by atoms with Crippen molar-refractivity contribution in [3.63, 3.8) is 0 Å². The molecule has 0 saturated carbocycles. The number of nitrogen functional groups attached to an aromatic ring is 1. The van der Waals surface area contributed by atoms with E-state index < -0.39 is 11.8 Å². The zero-order chi connectivity index (χ0) is 32.6. The number of benzene rings is 5. The lowest BCUT2D eigenvalue weighted by molar-refractivity contribution is -0.149. The van der Waals surface area contributed by atoms with Gasteiger partial charge in [0.05, 0.1) is 12.0 Å². The first-order valence-electron chi connectivity index (χ1n) is 16.2. The Kier molecular flexibility index (Phi) is 10.1. The second-order valence-corrected chi connectivity index (χ2v) is 12.3. The van der Waals surface area contributed by atoms with Gasteiger partial charge in [0.15, 0.2) is 0 Å². The van der Waals surface area contributed by atoms with E-state index in [1.54, 1.807) is 0 Å². The zero-order valence-corrected chi connectivity index (χ0v) is 26.7. The van der Waals surface area contributed by atoms with E-state index in [4.69, 9.17) is 10.5 Å². The molecule has 0 aromatic heterocycles. The highest BCUT2D eigenvalue weighted by molar-refractivity contribution is 5.87. The van der Waals surface area contributed by atoms with Crippen molar-refractivity contribution in [3.05, 3.63) is 173 Å². The van der Waals surface area contributed by atoms with Gasteiger partial charge in [0.1, 0.15) is 12.0 Å². The number of hydrogen-bond donors (Lipinski definition) is 1. The van der Waals surface area contributed by atoms with E-state index in [1.165, 1.54) is 0 Å². The first kappa shape index (κ1) is 31.8. The summed E-state index contributed by atoms with van der Waals surface area (Å²) in [6.45, 7) is 1.92. The number of carbonyl (C=O) groups is 2. The van der Waals surface area contributed by atoms with Crippen LogP contribution in [0, 0.1) is 0 Å². The summed E-state index contributed by atoms with van der Waals surface area (Å²) in [5.74, 6) is -1.19. The van der Waals surface area contributed by atoms with Gasteiger partial charge in [-0.05, 0) is 46.4 Å². The fourth-order valence-corrected chi connectivity index (χ4v) is 6.64. The van der Waals surface area contributed by atoms with E-state index in [0.29, 0.717) is 18.8 Å². The molecule has 6 heteroatoms. The number of carbonyl (C=O) groups excluding carboxylic acids is 2. The van der Waals surface area contributed by atoms with Crippen LogP contribution in [0.25, 0.3) is 0 Å². The monoisotopic (exact) mass is 623 g/mol. The molecular formula is C41H41N3O3. The maximum atomic E-state index is 14.5. The fraction of sp³-hybridized carbons (Fsp3) is 0.220. The van der Waals surface area contributed by atoms with Gasteiger partial charge in [-0.15, -0.1) is 0 Å². The van der Waals surface area contributed by atoms with E-state index in [2.05, 4.69) is 4.90 Å². The summed E-state index contributed by atoms with van der Waals surface area (Å²) in [6.07, 6.45) is 0.473. The predicted octanol–water partition coefficient (Wildman–Crippen LogP) is 7.05. The van der Waals surface area contributed by atoms with Gasteiger partial charge >= 0.3 is 5.97 Å². The van der Waals surface area contributed by atoms with Crippen LogP contribution in [0.2, 0.25) is 0 Å². The number of nitrogens with two attached hydrogens (primary N) is 1. The molecule has 5 aromatic rings. The molecule has 0 aliphatic carbocycles. The minimum Gasteiger partial charge on any atom is -0.460 e. The lowest BCUT2D eigenvalue weighted by Gasteiger charge is -2.34. The molecule has 1 saturated heterocycles. The topological polar surface area (TPSA) is 75.9 Å². The Balaban J connectivity index is 1.21. The van der Waals surface area contributed by atoms with Gasteiger partial charge in [-0.2, -0.15) is 0 Å². The van der Waals surface area contributed by atoms with E-state index >= 15 is 0 Å². The smallest absolute Gasteiger partial charge is 0.318 e. The number of likely N-dealkylation sites (tertiary alicyclic amines) is 1. The number of ether oxygens (including phenoxy) is 1. The summed E-state index contributed by atoms with van der Waals surface area (Å²) < 4.78 is 6.20. The largest absolute Gasteiger partial charge is 0.460 e. The molecule has 0 bridgehead atoms. The van der Waals surface area contributed by atoms with Gasteiger partial charge in [0.2, 0.25) is 5.91 Å². The van der Waals surface area contributed by atoms with Crippen molar-refractivity contribution >= 4 is 17.6 Å². The van der Waals surface area contributed by atoms with Crippen molar-refractivity contribution < 1.29 is 14.3 Å². The van der Waals surface area contributed by atoms with E-state index in [-0.39, 0.29) is 24.0 Å². The average molecular weight is 624 g/mol. The maximum Gasteiger partial charge on any atom is 0.318 e. The molecule has 1 aliphatic heterocycles. The van der Waals surface area contributed by atoms with Gasteiger partial charge in [-0.3, -0.25) is 14.5 Å². The Hall–Kier alpha value is -5.20. The summed E-state index contributed by atoms with van der Waals surface area (Å²) in [6, 6.07) is 47.0. The Morgan fingerprint density at radius 1 is 0.702 bits per heavy atom. The molecule has 238 valence electrons. The third kappa shape index (κ3) is 7.62. The SMILES string of the molecule is CN(C(=O)C(c1ccccc1)c1ccccc1)C(CN1CCC(OC(=O)C(c2ccccc2)c2ccccc2)C1)c1cccc(N)c1. The Bertz CT molecular complexity index is 1670. The van der Waals surface area contributed by atoms with Crippen molar-refractivity contribution in [2.75, 3.05) is 32.4 Å². The van der Waals surface area contributed by atoms with Crippen molar-refractivity contribution in [3.8, 4) is 0 Å². The van der Waals surface area contributed by atoms with Crippen LogP contribution in [0.1, 0.15) is 52.1 Å². The summed E-state index contributed by atoms with van der Waals surface area (Å²) in [7, 11) is 1.88. The molecule has 2 N–H and O–H groups in total. The minimum absolute atomic E-state index is 0.00515. The van der Waals surface area contributed by atoms with Gasteiger partial charge in [-0.25, -0.2) is 0 Å². The molecule has 6 rings (SSSR count). The molecule has 1 heterocycles. The summed E-state index contributed by atoms with van der Waals surface area (Å²) in [5.41, 5.74) is 11.6. The molecule has 2 atom stereocenters. The number of esters is 1. The quantitative estimate of drug-likeness (QED) is 0.126. The van der Waals surface area contributed by atoms with Crippen molar-refractivity contribution in [1.82, 2.24) is 9.80 Å². The predicted molar refractivity (Wildman–Crippen MR) is 187 cm³/mol. The van der Waals surface area contributed by atoms with Crippen LogP contribution in [-0.4, -0.2) is 54.5 Å². The molecule has 47 heavy (non-hydrogen) atoms. The second kappa shape index (κ2) is 14.9. The van der Waals surface area contributed by atoms with Crippen molar-refractivity contribution in [2.24, 2.45) is 0 Å². The van der Waals surface area contributed by atoms with Gasteiger partial charge < -0.3 is 15.4 Å². The number of rotatable bonds is 11. The maximum absolute atomic E-state index is 14.5. The minimum atomic E-state index is -0.497. The van der Waals surface area contributed by atoms with Crippen LogP contribution < -0.4 is 5.73 Å². The van der Waals surface area contributed by atoms with Crippen molar-refractivity contribution in [2.45, 2.75) is 30.4 Å². The lowest BCUT2D eigenvalue weighted by atomic mass is 9.89.